The third-order valence-corrected chi connectivity index (χ3v) is 4.07. The number of allylic oxidation sites excluding steroid dienone is 2. The van der Waals surface area contributed by atoms with Crippen molar-refractivity contribution in [2.75, 3.05) is 0 Å². The first-order chi connectivity index (χ1) is 10.4. The molecular weight excluding hydrogens is 256 g/mol. The molecule has 1 heteroatoms. The summed E-state index contributed by atoms with van der Waals surface area (Å²) in [5.74, 6) is 1.11. The SMILES string of the molecule is CCCCCCC/C=C(\CCCCCC)Cc1ccco1. The van der Waals surface area contributed by atoms with Crippen LogP contribution in [0, 0.1) is 0 Å². The maximum Gasteiger partial charge on any atom is 0.107 e. The minimum atomic E-state index is 1.01. The molecule has 1 aromatic heterocycles. The van der Waals surface area contributed by atoms with Crippen LogP contribution in [-0.4, -0.2) is 0 Å². The van der Waals surface area contributed by atoms with Gasteiger partial charge >= 0.3 is 0 Å². The first kappa shape index (κ1) is 18.1. The standard InChI is InChI=1S/C20H34O/c1-3-5-7-9-10-12-15-19(14-11-8-6-4-2)18-20-16-13-17-21-20/h13,15-17H,3-12,14,18H2,1-2H3/b19-15+. The van der Waals surface area contributed by atoms with E-state index >= 15 is 0 Å². The van der Waals surface area contributed by atoms with Crippen LogP contribution in [0.25, 0.3) is 0 Å². The van der Waals surface area contributed by atoms with Crippen LogP contribution in [-0.2, 0) is 6.42 Å². The van der Waals surface area contributed by atoms with Crippen molar-refractivity contribution in [3.8, 4) is 0 Å². The Bertz CT molecular complexity index is 348. The highest BCUT2D eigenvalue weighted by Gasteiger charge is 2.02. The third-order valence-electron chi connectivity index (χ3n) is 4.07. The molecule has 0 unspecified atom stereocenters. The lowest BCUT2D eigenvalue weighted by molar-refractivity contribution is 0.514. The summed E-state index contributed by atoms with van der Waals surface area (Å²) in [6.45, 7) is 4.55. The van der Waals surface area contributed by atoms with Gasteiger partial charge in [0.1, 0.15) is 5.76 Å². The summed E-state index contributed by atoms with van der Waals surface area (Å²) in [6, 6.07) is 4.09. The Morgan fingerprint density at radius 3 is 2.33 bits per heavy atom. The van der Waals surface area contributed by atoms with Gasteiger partial charge in [0.05, 0.1) is 6.26 Å². The van der Waals surface area contributed by atoms with Crippen LogP contribution in [0.2, 0.25) is 0 Å². The predicted molar refractivity (Wildman–Crippen MR) is 92.6 cm³/mol. The molecule has 1 nitrogen and oxygen atoms in total. The first-order valence-corrected chi connectivity index (χ1v) is 9.07. The average molecular weight is 290 g/mol. The highest BCUT2D eigenvalue weighted by molar-refractivity contribution is 5.12. The van der Waals surface area contributed by atoms with E-state index in [4.69, 9.17) is 4.42 Å². The highest BCUT2D eigenvalue weighted by Crippen LogP contribution is 2.18. The van der Waals surface area contributed by atoms with E-state index in [0.29, 0.717) is 0 Å². The largest absolute Gasteiger partial charge is 0.469 e. The summed E-state index contributed by atoms with van der Waals surface area (Å²) < 4.78 is 5.51. The molecule has 120 valence electrons. The number of unbranched alkanes of at least 4 members (excludes halogenated alkanes) is 8. The molecule has 0 aliphatic carbocycles. The van der Waals surface area contributed by atoms with Crippen molar-refractivity contribution in [3.63, 3.8) is 0 Å². The van der Waals surface area contributed by atoms with E-state index in [1.54, 1.807) is 11.8 Å². The molecule has 0 atom stereocenters. The third kappa shape index (κ3) is 9.55. The summed E-state index contributed by atoms with van der Waals surface area (Å²) in [5, 5.41) is 0. The minimum Gasteiger partial charge on any atom is -0.469 e. The number of hydrogen-bond acceptors (Lipinski definition) is 1. The fourth-order valence-corrected chi connectivity index (χ4v) is 2.73. The van der Waals surface area contributed by atoms with Crippen LogP contribution in [0.3, 0.4) is 0 Å². The van der Waals surface area contributed by atoms with Gasteiger partial charge in [-0.2, -0.15) is 0 Å². The van der Waals surface area contributed by atoms with Crippen LogP contribution in [0.1, 0.15) is 90.2 Å². The fourth-order valence-electron chi connectivity index (χ4n) is 2.73. The molecular formula is C20H34O. The van der Waals surface area contributed by atoms with Crippen molar-refractivity contribution >= 4 is 0 Å². The Hall–Kier alpha value is -0.980. The molecule has 0 fully saturated rings. The molecule has 0 spiro atoms. The monoisotopic (exact) mass is 290 g/mol. The molecule has 1 aromatic rings. The van der Waals surface area contributed by atoms with E-state index in [1.165, 1.54) is 70.6 Å². The van der Waals surface area contributed by atoms with E-state index in [-0.39, 0.29) is 0 Å². The van der Waals surface area contributed by atoms with Gasteiger partial charge in [0.2, 0.25) is 0 Å². The second-order valence-electron chi connectivity index (χ2n) is 6.13. The van der Waals surface area contributed by atoms with E-state index in [1.807, 2.05) is 6.07 Å². The highest BCUT2D eigenvalue weighted by atomic mass is 16.3. The summed E-state index contributed by atoms with van der Waals surface area (Å²) >= 11 is 0. The quantitative estimate of drug-likeness (QED) is 0.279. The predicted octanol–water partition coefficient (Wildman–Crippen LogP) is 7.08. The Kier molecular flexibility index (Phi) is 11.0. The van der Waals surface area contributed by atoms with E-state index in [2.05, 4.69) is 26.0 Å². The van der Waals surface area contributed by atoms with Gasteiger partial charge in [0, 0.05) is 6.42 Å². The molecule has 0 saturated carbocycles. The van der Waals surface area contributed by atoms with Crippen molar-refractivity contribution < 1.29 is 4.42 Å². The molecule has 0 aromatic carbocycles. The Balaban J connectivity index is 2.31. The van der Waals surface area contributed by atoms with Crippen molar-refractivity contribution in [2.24, 2.45) is 0 Å². The van der Waals surface area contributed by atoms with Gasteiger partial charge in [-0.3, -0.25) is 0 Å². The van der Waals surface area contributed by atoms with Crippen molar-refractivity contribution in [2.45, 2.75) is 90.9 Å². The Labute approximate surface area is 131 Å². The molecule has 21 heavy (non-hydrogen) atoms. The van der Waals surface area contributed by atoms with Gasteiger partial charge in [-0.1, -0.05) is 70.4 Å². The summed E-state index contributed by atoms with van der Waals surface area (Å²) in [4.78, 5) is 0. The van der Waals surface area contributed by atoms with Gasteiger partial charge in [-0.15, -0.1) is 0 Å². The lowest BCUT2D eigenvalue weighted by atomic mass is 10.0. The maximum absolute atomic E-state index is 5.51. The summed E-state index contributed by atoms with van der Waals surface area (Å²) in [6.07, 6.45) is 20.0. The number of hydrogen-bond donors (Lipinski definition) is 0. The van der Waals surface area contributed by atoms with E-state index < -0.39 is 0 Å². The van der Waals surface area contributed by atoms with Crippen molar-refractivity contribution in [3.05, 3.63) is 35.8 Å². The zero-order valence-corrected chi connectivity index (χ0v) is 14.2. The molecule has 1 heterocycles. The molecule has 0 bridgehead atoms. The zero-order chi connectivity index (χ0) is 15.2. The normalized spacial score (nSPS) is 12.0. The molecule has 0 aliphatic heterocycles. The second kappa shape index (κ2) is 12.7. The second-order valence-corrected chi connectivity index (χ2v) is 6.13. The van der Waals surface area contributed by atoms with Gasteiger partial charge in [-0.25, -0.2) is 0 Å². The lowest BCUT2D eigenvalue weighted by Gasteiger charge is -2.07. The number of furan rings is 1. The summed E-state index contributed by atoms with van der Waals surface area (Å²) in [7, 11) is 0. The molecule has 0 saturated heterocycles. The molecule has 0 aliphatic rings. The molecule has 0 amide bonds. The van der Waals surface area contributed by atoms with Crippen LogP contribution >= 0.6 is 0 Å². The van der Waals surface area contributed by atoms with Crippen LogP contribution < -0.4 is 0 Å². The van der Waals surface area contributed by atoms with Crippen LogP contribution in [0.15, 0.2) is 34.5 Å². The summed E-state index contributed by atoms with van der Waals surface area (Å²) in [5.41, 5.74) is 1.58. The first-order valence-electron chi connectivity index (χ1n) is 9.07. The Morgan fingerprint density at radius 2 is 1.67 bits per heavy atom. The zero-order valence-electron chi connectivity index (χ0n) is 14.2. The number of rotatable bonds is 13. The fraction of sp³-hybridized carbons (Fsp3) is 0.700. The molecule has 0 radical (unpaired) electrons. The van der Waals surface area contributed by atoms with Crippen molar-refractivity contribution in [1.82, 2.24) is 0 Å². The minimum absolute atomic E-state index is 1.01. The van der Waals surface area contributed by atoms with Gasteiger partial charge in [-0.05, 0) is 37.8 Å². The van der Waals surface area contributed by atoms with Crippen LogP contribution in [0.5, 0.6) is 0 Å². The average Bonchev–Trinajstić information content (AvgIpc) is 2.99. The lowest BCUT2D eigenvalue weighted by Crippen LogP contribution is -1.91. The van der Waals surface area contributed by atoms with Gasteiger partial charge < -0.3 is 4.42 Å². The van der Waals surface area contributed by atoms with E-state index in [9.17, 15) is 0 Å². The molecule has 0 N–H and O–H groups in total. The maximum atomic E-state index is 5.51. The smallest absolute Gasteiger partial charge is 0.107 e. The van der Waals surface area contributed by atoms with Gasteiger partial charge in [0.25, 0.3) is 0 Å². The van der Waals surface area contributed by atoms with Gasteiger partial charge in [0.15, 0.2) is 0 Å². The topological polar surface area (TPSA) is 13.1 Å². The van der Waals surface area contributed by atoms with E-state index in [0.717, 1.165) is 12.2 Å². The molecule has 1 rings (SSSR count). The Morgan fingerprint density at radius 1 is 0.952 bits per heavy atom. The van der Waals surface area contributed by atoms with Crippen LogP contribution in [0.4, 0.5) is 0 Å². The van der Waals surface area contributed by atoms with Crippen molar-refractivity contribution in [1.29, 1.82) is 0 Å².